The first-order valence-corrected chi connectivity index (χ1v) is 11.5. The number of ketones is 1. The predicted octanol–water partition coefficient (Wildman–Crippen LogP) is 2.46. The number of pyridine rings is 1. The molecule has 1 amide bonds. The number of aryl methyl sites for hydroxylation is 1. The van der Waals surface area contributed by atoms with Gasteiger partial charge in [0.15, 0.2) is 5.76 Å². The minimum absolute atomic E-state index is 0.119. The molecule has 8 nitrogen and oxygen atoms in total. The number of amides is 1. The van der Waals surface area contributed by atoms with Gasteiger partial charge in [-0.15, -0.1) is 11.3 Å². The lowest BCUT2D eigenvalue weighted by molar-refractivity contribution is -0.140. The number of imidazole rings is 1. The van der Waals surface area contributed by atoms with Crippen LogP contribution in [0.15, 0.2) is 47.5 Å². The highest BCUT2D eigenvalue weighted by molar-refractivity contribution is 7.10. The normalized spacial score (nSPS) is 21.7. The fourth-order valence-electron chi connectivity index (χ4n) is 4.45. The molecule has 2 aliphatic heterocycles. The van der Waals surface area contributed by atoms with Gasteiger partial charge in [-0.05, 0) is 30.5 Å². The van der Waals surface area contributed by atoms with E-state index in [-0.39, 0.29) is 11.3 Å². The van der Waals surface area contributed by atoms with Gasteiger partial charge in [0.05, 0.1) is 30.5 Å². The molecule has 0 bridgehead atoms. The van der Waals surface area contributed by atoms with E-state index >= 15 is 0 Å². The maximum Gasteiger partial charge on any atom is 0.295 e. The molecule has 0 radical (unpaired) electrons. The average Bonchev–Trinajstić information content (AvgIpc) is 3.50. The monoisotopic (exact) mass is 452 g/mol. The maximum atomic E-state index is 13.2. The van der Waals surface area contributed by atoms with Crippen molar-refractivity contribution >= 4 is 34.4 Å². The number of rotatable bonds is 5. The van der Waals surface area contributed by atoms with Crippen LogP contribution < -0.4 is 0 Å². The minimum atomic E-state index is -0.659. The van der Waals surface area contributed by atoms with Gasteiger partial charge in [-0.2, -0.15) is 0 Å². The number of morpholine rings is 1. The van der Waals surface area contributed by atoms with Gasteiger partial charge in [-0.1, -0.05) is 12.1 Å². The van der Waals surface area contributed by atoms with E-state index in [2.05, 4.69) is 9.88 Å². The zero-order valence-corrected chi connectivity index (χ0v) is 18.5. The topological polar surface area (TPSA) is 87.4 Å². The Labute approximate surface area is 189 Å². The molecule has 2 saturated heterocycles. The molecule has 5 heterocycles. The van der Waals surface area contributed by atoms with Crippen molar-refractivity contribution in [3.05, 3.63) is 63.7 Å². The zero-order valence-electron chi connectivity index (χ0n) is 17.7. The Bertz CT molecular complexity index is 1190. The maximum absolute atomic E-state index is 13.2. The zero-order chi connectivity index (χ0) is 22.2. The number of carbonyl (C=O) groups excluding carboxylic acids is 2. The van der Waals surface area contributed by atoms with Crippen LogP contribution in [0.2, 0.25) is 0 Å². The van der Waals surface area contributed by atoms with Crippen molar-refractivity contribution < 1.29 is 19.4 Å². The van der Waals surface area contributed by atoms with E-state index in [1.807, 2.05) is 35.7 Å². The largest absolute Gasteiger partial charge is 0.505 e. The molecule has 5 rings (SSSR count). The molecule has 1 unspecified atom stereocenters. The van der Waals surface area contributed by atoms with Crippen molar-refractivity contribution in [1.82, 2.24) is 19.2 Å². The lowest BCUT2D eigenvalue weighted by Gasteiger charge is -2.30. The van der Waals surface area contributed by atoms with Crippen LogP contribution in [-0.4, -0.2) is 75.4 Å². The van der Waals surface area contributed by atoms with Gasteiger partial charge in [-0.25, -0.2) is 4.98 Å². The third-order valence-corrected chi connectivity index (χ3v) is 6.97. The second-order valence-corrected chi connectivity index (χ2v) is 8.92. The van der Waals surface area contributed by atoms with Crippen molar-refractivity contribution in [3.8, 4) is 0 Å². The molecule has 2 aliphatic rings. The average molecular weight is 453 g/mol. The smallest absolute Gasteiger partial charge is 0.295 e. The summed E-state index contributed by atoms with van der Waals surface area (Å²) in [6.45, 7) is 5.77. The highest BCUT2D eigenvalue weighted by atomic mass is 32.1. The number of hydrogen-bond acceptors (Lipinski definition) is 7. The molecule has 9 heteroatoms. The number of carbonyl (C=O) groups is 2. The Morgan fingerprint density at radius 1 is 1.19 bits per heavy atom. The second kappa shape index (κ2) is 8.50. The molecule has 1 atom stereocenters. The molecule has 0 aromatic carbocycles. The Hall–Kier alpha value is -3.01. The van der Waals surface area contributed by atoms with Crippen LogP contribution in [0, 0.1) is 6.92 Å². The standard InChI is InChI=1S/C23H24N4O4S/c1-15-19(26-7-3-2-6-17(26)24-15)21(28)18-20(16-5-4-14-32-16)27(23(30)22(18)29)9-8-25-10-12-31-13-11-25/h2-7,14,20,28H,8-13H2,1H3. The van der Waals surface area contributed by atoms with Gasteiger partial charge in [0.25, 0.3) is 11.7 Å². The first-order valence-electron chi connectivity index (χ1n) is 10.6. The number of fused-ring (bicyclic) bond motifs is 1. The molecule has 3 aromatic rings. The number of thiophene rings is 1. The Kier molecular flexibility index (Phi) is 5.54. The predicted molar refractivity (Wildman–Crippen MR) is 121 cm³/mol. The van der Waals surface area contributed by atoms with E-state index in [1.165, 1.54) is 11.3 Å². The Morgan fingerprint density at radius 2 is 2.00 bits per heavy atom. The van der Waals surface area contributed by atoms with Crippen molar-refractivity contribution in [1.29, 1.82) is 0 Å². The Balaban J connectivity index is 1.57. The molecule has 2 fully saturated rings. The summed E-state index contributed by atoms with van der Waals surface area (Å²) in [6, 6.07) is 8.70. The summed E-state index contributed by atoms with van der Waals surface area (Å²) in [5, 5.41) is 13.3. The molecule has 166 valence electrons. The first-order chi connectivity index (χ1) is 15.6. The molecule has 1 N–H and O–H groups in total. The molecule has 0 aliphatic carbocycles. The number of ether oxygens (including phenoxy) is 1. The van der Waals surface area contributed by atoms with Crippen molar-refractivity contribution in [2.45, 2.75) is 13.0 Å². The third-order valence-electron chi connectivity index (χ3n) is 6.04. The molecule has 0 spiro atoms. The third kappa shape index (κ3) is 3.52. The van der Waals surface area contributed by atoms with Crippen LogP contribution in [0.5, 0.6) is 0 Å². The van der Waals surface area contributed by atoms with E-state index < -0.39 is 17.7 Å². The molecule has 0 saturated carbocycles. The Morgan fingerprint density at radius 3 is 2.75 bits per heavy atom. The van der Waals surface area contributed by atoms with Crippen LogP contribution in [0.1, 0.15) is 22.3 Å². The summed E-state index contributed by atoms with van der Waals surface area (Å²) < 4.78 is 7.15. The van der Waals surface area contributed by atoms with Gasteiger partial charge < -0.3 is 14.7 Å². The fourth-order valence-corrected chi connectivity index (χ4v) is 5.30. The van der Waals surface area contributed by atoms with Crippen LogP contribution in [0.4, 0.5) is 0 Å². The number of nitrogens with zero attached hydrogens (tertiary/aromatic N) is 4. The van der Waals surface area contributed by atoms with Crippen molar-refractivity contribution in [3.63, 3.8) is 0 Å². The van der Waals surface area contributed by atoms with Crippen LogP contribution in [0.25, 0.3) is 11.4 Å². The van der Waals surface area contributed by atoms with Crippen LogP contribution in [-0.2, 0) is 14.3 Å². The quantitative estimate of drug-likeness (QED) is 0.364. The van der Waals surface area contributed by atoms with E-state index in [0.29, 0.717) is 43.3 Å². The summed E-state index contributed by atoms with van der Waals surface area (Å²) in [5.74, 6) is -1.43. The molecule has 32 heavy (non-hydrogen) atoms. The van der Waals surface area contributed by atoms with E-state index in [1.54, 1.807) is 22.4 Å². The van der Waals surface area contributed by atoms with Gasteiger partial charge in [0, 0.05) is 37.3 Å². The summed E-state index contributed by atoms with van der Waals surface area (Å²) in [6.07, 6.45) is 1.79. The SMILES string of the molecule is Cc1nc2ccccn2c1C(O)=C1C(=O)C(=O)N(CCN2CCOCC2)C1c1cccs1. The molecule has 3 aromatic heterocycles. The minimum Gasteiger partial charge on any atom is -0.505 e. The summed E-state index contributed by atoms with van der Waals surface area (Å²) in [7, 11) is 0. The number of aliphatic hydroxyl groups is 1. The van der Waals surface area contributed by atoms with Gasteiger partial charge in [0.2, 0.25) is 0 Å². The number of Topliss-reactive ketones (excluding diaryl/α,β-unsaturated/α-hetero) is 1. The lowest BCUT2D eigenvalue weighted by atomic mass is 10.0. The summed E-state index contributed by atoms with van der Waals surface area (Å²) >= 11 is 1.47. The van der Waals surface area contributed by atoms with Crippen molar-refractivity contribution in [2.24, 2.45) is 0 Å². The van der Waals surface area contributed by atoms with Crippen LogP contribution >= 0.6 is 11.3 Å². The van der Waals surface area contributed by atoms with E-state index in [4.69, 9.17) is 4.74 Å². The second-order valence-electron chi connectivity index (χ2n) is 7.94. The highest BCUT2D eigenvalue weighted by Crippen LogP contribution is 2.41. The number of likely N-dealkylation sites (tertiary alicyclic amines) is 1. The van der Waals surface area contributed by atoms with Crippen molar-refractivity contribution in [2.75, 3.05) is 39.4 Å². The number of aliphatic hydroxyl groups excluding tert-OH is 1. The molecular weight excluding hydrogens is 428 g/mol. The lowest BCUT2D eigenvalue weighted by Crippen LogP contribution is -2.42. The number of hydrogen-bond donors (Lipinski definition) is 1. The number of aromatic nitrogens is 2. The molecular formula is C23H24N4O4S. The summed E-state index contributed by atoms with van der Waals surface area (Å²) in [4.78, 5) is 35.4. The highest BCUT2D eigenvalue weighted by Gasteiger charge is 2.47. The summed E-state index contributed by atoms with van der Waals surface area (Å²) in [5.41, 5.74) is 1.82. The van der Waals surface area contributed by atoms with Gasteiger partial charge in [-0.3, -0.25) is 18.9 Å². The van der Waals surface area contributed by atoms with E-state index in [0.717, 1.165) is 18.0 Å². The van der Waals surface area contributed by atoms with Gasteiger partial charge >= 0.3 is 0 Å². The van der Waals surface area contributed by atoms with E-state index in [9.17, 15) is 14.7 Å². The van der Waals surface area contributed by atoms with Gasteiger partial charge in [0.1, 0.15) is 11.3 Å². The van der Waals surface area contributed by atoms with Crippen LogP contribution in [0.3, 0.4) is 0 Å². The fraction of sp³-hybridized carbons (Fsp3) is 0.348. The first kappa shape index (κ1) is 20.9.